The van der Waals surface area contributed by atoms with E-state index < -0.39 is 60.0 Å². The van der Waals surface area contributed by atoms with E-state index in [4.69, 9.17) is 0 Å². The van der Waals surface area contributed by atoms with Crippen LogP contribution in [0.2, 0.25) is 0 Å². The molecular weight excluding hydrogens is 655 g/mol. The summed E-state index contributed by atoms with van der Waals surface area (Å²) in [7, 11) is 0. The highest BCUT2D eigenvalue weighted by atomic mass is 79.9. The Labute approximate surface area is 257 Å². The van der Waals surface area contributed by atoms with Gasteiger partial charge in [0.25, 0.3) is 11.8 Å². The van der Waals surface area contributed by atoms with Crippen LogP contribution >= 0.6 is 15.9 Å². The Bertz CT molecular complexity index is 1650. The van der Waals surface area contributed by atoms with Gasteiger partial charge in [0.15, 0.2) is 5.75 Å². The number of hydrogen-bond donors (Lipinski definition) is 3. The Morgan fingerprint density at radius 2 is 1.77 bits per heavy atom. The quantitative estimate of drug-likeness (QED) is 0.240. The van der Waals surface area contributed by atoms with Gasteiger partial charge < -0.3 is 25.4 Å². The van der Waals surface area contributed by atoms with Crippen LogP contribution in [0, 0.1) is 12.3 Å². The van der Waals surface area contributed by atoms with Crippen molar-refractivity contribution in [3.63, 3.8) is 0 Å². The average Bonchev–Trinajstić information content (AvgIpc) is 2.92. The van der Waals surface area contributed by atoms with Crippen molar-refractivity contribution in [3.05, 3.63) is 58.1 Å². The van der Waals surface area contributed by atoms with Crippen LogP contribution in [-0.4, -0.2) is 58.9 Å². The van der Waals surface area contributed by atoms with Gasteiger partial charge in [0, 0.05) is 15.4 Å². The van der Waals surface area contributed by atoms with Crippen molar-refractivity contribution in [3.8, 4) is 5.75 Å². The minimum absolute atomic E-state index is 0.00649. The third-order valence-corrected chi connectivity index (χ3v) is 9.65. The maximum absolute atomic E-state index is 14.3. The summed E-state index contributed by atoms with van der Waals surface area (Å²) >= 11 is 3.42. The second-order valence-electron chi connectivity index (χ2n) is 11.9. The fraction of sp³-hybridized carbons (Fsp3) is 0.433. The molecule has 2 bridgehead atoms. The lowest BCUT2D eigenvalue weighted by atomic mass is 9.55. The predicted octanol–water partition coefficient (Wildman–Crippen LogP) is 6.66. The summed E-state index contributed by atoms with van der Waals surface area (Å²) in [6, 6.07) is 9.82. The summed E-state index contributed by atoms with van der Waals surface area (Å²) < 4.78 is 72.0. The molecule has 3 N–H and O–H groups in total. The summed E-state index contributed by atoms with van der Waals surface area (Å²) in [5, 5.41) is 16.8. The second-order valence-corrected chi connectivity index (χ2v) is 12.9. The topological polar surface area (TPSA) is 104 Å². The van der Waals surface area contributed by atoms with Gasteiger partial charge in [0.2, 0.25) is 0 Å². The third kappa shape index (κ3) is 5.41. The molecule has 1 saturated heterocycles. The molecule has 7 rings (SSSR count). The fourth-order valence-corrected chi connectivity index (χ4v) is 7.23. The summed E-state index contributed by atoms with van der Waals surface area (Å²) in [5.41, 5.74) is -1.07. The lowest BCUT2D eigenvalue weighted by molar-refractivity contribution is -0.274. The minimum atomic E-state index is -4.95. The number of nitrogens with one attached hydrogen (secondary N) is 2. The van der Waals surface area contributed by atoms with E-state index in [1.54, 1.807) is 25.1 Å². The van der Waals surface area contributed by atoms with Crippen LogP contribution in [0.15, 0.2) is 46.9 Å². The zero-order chi connectivity index (χ0) is 31.7. The van der Waals surface area contributed by atoms with Crippen LogP contribution < -0.4 is 20.3 Å². The molecule has 1 aromatic heterocycles. The number of aliphatic carboxylic acids is 1. The lowest BCUT2D eigenvalue weighted by Crippen LogP contribution is -2.68. The number of nitrogens with zero attached hydrogens (tertiary/aromatic N) is 2. The number of carboxylic acids is 1. The molecule has 0 spiro atoms. The third-order valence-electron chi connectivity index (χ3n) is 9.16. The van der Waals surface area contributed by atoms with E-state index in [0.717, 1.165) is 6.07 Å². The number of hydrogen-bond acceptors (Lipinski definition) is 6. The van der Waals surface area contributed by atoms with Crippen molar-refractivity contribution >= 4 is 50.2 Å². The Balaban J connectivity index is 1.39. The Morgan fingerprint density at radius 1 is 1.09 bits per heavy atom. The summed E-state index contributed by atoms with van der Waals surface area (Å²) in [6.07, 6.45) is -3.87. The van der Waals surface area contributed by atoms with Gasteiger partial charge in [-0.15, -0.1) is 13.2 Å². The van der Waals surface area contributed by atoms with Gasteiger partial charge in [0.1, 0.15) is 5.82 Å². The molecule has 234 valence electrons. The van der Waals surface area contributed by atoms with Gasteiger partial charge in [-0.25, -0.2) is 13.8 Å². The van der Waals surface area contributed by atoms with Crippen LogP contribution in [0.5, 0.6) is 5.75 Å². The largest absolute Gasteiger partial charge is 0.573 e. The Morgan fingerprint density at radius 3 is 2.41 bits per heavy atom. The highest BCUT2D eigenvalue weighted by molar-refractivity contribution is 9.10. The average molecular weight is 683 g/mol. The monoisotopic (exact) mass is 682 g/mol. The number of carbonyl (C=O) groups excluding carboxylic acids is 1. The molecule has 4 fully saturated rings. The molecule has 14 heteroatoms. The first-order chi connectivity index (χ1) is 20.6. The molecule has 3 saturated carbocycles. The van der Waals surface area contributed by atoms with Crippen LogP contribution in [0.1, 0.15) is 48.0 Å². The molecule has 3 aromatic rings. The SMILES string of the molecule is Cc1c(N2CC(F)(F)C2)nc2ccc(Br)cc2c1C(=O)NC12CCC(C(=O)O)(CC1)C[C@@H]2Nc1ccccc1OC(F)(F)F. The van der Waals surface area contributed by atoms with Gasteiger partial charge in [0.05, 0.1) is 46.9 Å². The molecule has 0 unspecified atom stereocenters. The number of pyridine rings is 1. The maximum Gasteiger partial charge on any atom is 0.573 e. The van der Waals surface area contributed by atoms with E-state index in [9.17, 15) is 36.6 Å². The Hall–Kier alpha value is -3.68. The smallest absolute Gasteiger partial charge is 0.481 e. The standard InChI is InChI=1S/C30H28BrF5N4O4/c1-16-23(18-12-17(31)6-7-19(18)38-24(16)40-14-29(32,33)15-40)25(41)39-28-10-8-27(9-11-28,26(42)43)13-22(28)37-20-4-2-3-5-21(20)44-30(34,35)36/h2-7,12,22,37H,8-11,13-15H2,1H3,(H,39,41)(H,42,43)/t22-,27?,28?/m0/s1. The second kappa shape index (κ2) is 10.5. The zero-order valence-corrected chi connectivity index (χ0v) is 25.0. The molecule has 1 amide bonds. The van der Waals surface area contributed by atoms with E-state index in [1.165, 1.54) is 23.1 Å². The van der Waals surface area contributed by atoms with Crippen LogP contribution in [0.3, 0.4) is 0 Å². The minimum Gasteiger partial charge on any atom is -0.481 e. The fourth-order valence-electron chi connectivity index (χ4n) is 6.87. The number of fused-ring (bicyclic) bond motifs is 4. The maximum atomic E-state index is 14.3. The first kappa shape index (κ1) is 30.4. The number of anilines is 2. The van der Waals surface area contributed by atoms with Crippen LogP contribution in [0.25, 0.3) is 10.9 Å². The number of carbonyl (C=O) groups is 2. The van der Waals surface area contributed by atoms with E-state index in [-0.39, 0.29) is 49.2 Å². The summed E-state index contributed by atoms with van der Waals surface area (Å²) in [6.45, 7) is 0.580. The number of ether oxygens (including phenoxy) is 1. The molecule has 1 aliphatic heterocycles. The predicted molar refractivity (Wildman–Crippen MR) is 155 cm³/mol. The summed E-state index contributed by atoms with van der Waals surface area (Å²) in [4.78, 5) is 32.7. The van der Waals surface area contributed by atoms with Crippen LogP contribution in [0.4, 0.5) is 33.5 Å². The van der Waals surface area contributed by atoms with E-state index >= 15 is 0 Å². The first-order valence-electron chi connectivity index (χ1n) is 14.0. The number of alkyl halides is 5. The normalized spacial score (nSPS) is 25.8. The van der Waals surface area contributed by atoms with Crippen molar-refractivity contribution < 1.29 is 41.4 Å². The number of carboxylic acid groups (broad SMARTS) is 1. The van der Waals surface area contributed by atoms with Gasteiger partial charge in [-0.05, 0) is 69.4 Å². The molecular formula is C30H28BrF5N4O4. The molecule has 44 heavy (non-hydrogen) atoms. The van der Waals surface area contributed by atoms with Crippen LogP contribution in [-0.2, 0) is 4.79 Å². The van der Waals surface area contributed by atoms with Gasteiger partial charge in [-0.2, -0.15) is 0 Å². The number of benzene rings is 2. The highest BCUT2D eigenvalue weighted by Gasteiger charge is 2.59. The number of para-hydroxylation sites is 2. The van der Waals surface area contributed by atoms with Crippen molar-refractivity contribution in [2.24, 2.45) is 5.41 Å². The van der Waals surface area contributed by atoms with E-state index in [2.05, 4.69) is 36.3 Å². The Kier molecular flexibility index (Phi) is 7.21. The molecule has 2 heterocycles. The van der Waals surface area contributed by atoms with Crippen molar-refractivity contribution in [2.75, 3.05) is 23.3 Å². The molecule has 8 nitrogen and oxygen atoms in total. The molecule has 0 radical (unpaired) electrons. The van der Waals surface area contributed by atoms with Gasteiger partial charge in [-0.3, -0.25) is 9.59 Å². The lowest BCUT2D eigenvalue weighted by Gasteiger charge is -2.56. The number of amides is 1. The van der Waals surface area contributed by atoms with Gasteiger partial charge >= 0.3 is 12.3 Å². The molecule has 4 aliphatic rings. The van der Waals surface area contributed by atoms with Crippen molar-refractivity contribution in [1.82, 2.24) is 10.3 Å². The van der Waals surface area contributed by atoms with Crippen molar-refractivity contribution in [2.45, 2.75) is 62.9 Å². The number of aromatic nitrogens is 1. The zero-order valence-electron chi connectivity index (χ0n) is 23.4. The van der Waals surface area contributed by atoms with Crippen molar-refractivity contribution in [1.29, 1.82) is 0 Å². The van der Waals surface area contributed by atoms with E-state index in [0.29, 0.717) is 20.9 Å². The first-order valence-corrected chi connectivity index (χ1v) is 14.8. The number of halogens is 6. The number of rotatable bonds is 7. The summed E-state index contributed by atoms with van der Waals surface area (Å²) in [5.74, 6) is -4.60. The van der Waals surface area contributed by atoms with Gasteiger partial charge in [-0.1, -0.05) is 28.1 Å². The molecule has 3 aliphatic carbocycles. The molecule has 1 atom stereocenters. The highest BCUT2D eigenvalue weighted by Crippen LogP contribution is 2.54. The van der Waals surface area contributed by atoms with E-state index in [1.807, 2.05) is 0 Å². The molecule has 2 aromatic carbocycles.